The van der Waals surface area contributed by atoms with Gasteiger partial charge in [-0.25, -0.2) is 13.8 Å². The van der Waals surface area contributed by atoms with E-state index >= 15 is 0 Å². The average molecular weight is 340 g/mol. The van der Waals surface area contributed by atoms with Crippen molar-refractivity contribution in [2.45, 2.75) is 0 Å². The summed E-state index contributed by atoms with van der Waals surface area (Å²) in [5.74, 6) is -0.727. The maximum absolute atomic E-state index is 13.1. The van der Waals surface area contributed by atoms with Crippen molar-refractivity contribution in [1.82, 2.24) is 4.98 Å². The van der Waals surface area contributed by atoms with Gasteiger partial charge in [0.05, 0.1) is 11.4 Å². The van der Waals surface area contributed by atoms with E-state index in [0.29, 0.717) is 16.4 Å². The fourth-order valence-corrected chi connectivity index (χ4v) is 2.70. The predicted octanol–water partition coefficient (Wildman–Crippen LogP) is 4.43. The van der Waals surface area contributed by atoms with Crippen LogP contribution in [0.1, 0.15) is 5.01 Å². The van der Waals surface area contributed by atoms with Crippen molar-refractivity contribution < 1.29 is 8.78 Å². The third kappa shape index (κ3) is 3.62. The number of nitrogens with one attached hydrogen (secondary N) is 1. The van der Waals surface area contributed by atoms with E-state index in [0.717, 1.165) is 5.56 Å². The Kier molecular flexibility index (Phi) is 4.59. The van der Waals surface area contributed by atoms with Crippen LogP contribution in [0, 0.1) is 23.0 Å². The number of rotatable bonds is 4. The number of hydrogen-bond acceptors (Lipinski definition) is 5. The molecule has 0 fully saturated rings. The molecule has 0 unspecified atom stereocenters. The first kappa shape index (κ1) is 15.8. The summed E-state index contributed by atoms with van der Waals surface area (Å²) in [5, 5.41) is 15.4. The van der Waals surface area contributed by atoms with Crippen molar-refractivity contribution in [2.75, 3.05) is 5.43 Å². The van der Waals surface area contributed by atoms with Crippen LogP contribution in [0.4, 0.5) is 14.5 Å². The largest absolute Gasteiger partial charge is 0.277 e. The van der Waals surface area contributed by atoms with E-state index in [1.54, 1.807) is 23.6 Å². The van der Waals surface area contributed by atoms with Crippen molar-refractivity contribution in [3.63, 3.8) is 0 Å². The van der Waals surface area contributed by atoms with Crippen LogP contribution in [-0.4, -0.2) is 10.7 Å². The summed E-state index contributed by atoms with van der Waals surface area (Å²) in [4.78, 5) is 4.34. The summed E-state index contributed by atoms with van der Waals surface area (Å²) >= 11 is 1.25. The van der Waals surface area contributed by atoms with E-state index in [1.807, 2.05) is 6.07 Å². The highest BCUT2D eigenvalue weighted by molar-refractivity contribution is 7.12. The molecule has 7 heteroatoms. The number of thiazole rings is 1. The van der Waals surface area contributed by atoms with E-state index < -0.39 is 5.82 Å². The lowest BCUT2D eigenvalue weighted by Gasteiger charge is -2.00. The van der Waals surface area contributed by atoms with Crippen LogP contribution in [0.2, 0.25) is 0 Å². The summed E-state index contributed by atoms with van der Waals surface area (Å²) in [6.45, 7) is 0. The zero-order valence-electron chi connectivity index (χ0n) is 12.2. The van der Waals surface area contributed by atoms with Gasteiger partial charge in [0, 0.05) is 10.9 Å². The Hall–Kier alpha value is -3.11. The molecule has 3 rings (SSSR count). The molecule has 0 aliphatic heterocycles. The van der Waals surface area contributed by atoms with E-state index in [2.05, 4.69) is 15.5 Å². The monoisotopic (exact) mass is 340 g/mol. The first-order valence-corrected chi connectivity index (χ1v) is 7.75. The number of nitriles is 1. The lowest BCUT2D eigenvalue weighted by molar-refractivity contribution is 0.627. The molecule has 1 heterocycles. The molecule has 4 nitrogen and oxygen atoms in total. The normalized spacial score (nSPS) is 11.1. The molecule has 0 radical (unpaired) electrons. The van der Waals surface area contributed by atoms with Crippen LogP contribution in [-0.2, 0) is 0 Å². The van der Waals surface area contributed by atoms with Crippen LogP contribution in [0.25, 0.3) is 11.3 Å². The molecule has 2 aromatic carbocycles. The van der Waals surface area contributed by atoms with Gasteiger partial charge in [-0.2, -0.15) is 10.4 Å². The number of hydrogen-bond donors (Lipinski definition) is 1. The smallest absolute Gasteiger partial charge is 0.196 e. The van der Waals surface area contributed by atoms with Gasteiger partial charge in [-0.15, -0.1) is 11.3 Å². The minimum absolute atomic E-state index is 0.0811. The Bertz CT molecular complexity index is 926. The van der Waals surface area contributed by atoms with Gasteiger partial charge in [-0.1, -0.05) is 6.07 Å². The zero-order chi connectivity index (χ0) is 16.9. The molecule has 0 aliphatic rings. The van der Waals surface area contributed by atoms with Crippen LogP contribution in [0.3, 0.4) is 0 Å². The molecule has 1 N–H and O–H groups in total. The zero-order valence-corrected chi connectivity index (χ0v) is 13.0. The maximum Gasteiger partial charge on any atom is 0.196 e. The molecule has 0 saturated heterocycles. The summed E-state index contributed by atoms with van der Waals surface area (Å²) in [6, 6.07) is 13.6. The Morgan fingerprint density at radius 3 is 2.62 bits per heavy atom. The number of hydrazone groups is 1. The van der Waals surface area contributed by atoms with Crippen molar-refractivity contribution in [3.05, 3.63) is 70.6 Å². The Labute approximate surface area is 140 Å². The Morgan fingerprint density at radius 1 is 1.12 bits per heavy atom. The van der Waals surface area contributed by atoms with Crippen LogP contribution >= 0.6 is 11.3 Å². The summed E-state index contributed by atoms with van der Waals surface area (Å²) in [6.07, 6.45) is 0. The first-order chi connectivity index (χ1) is 11.7. The molecular weight excluding hydrogens is 330 g/mol. The molecule has 0 spiro atoms. The standard InChI is InChI=1S/C17H10F2N4S/c18-12-6-4-11(5-7-12)16-10-24-17(21-16)15(9-20)23-22-14-3-1-2-13(19)8-14/h1-8,10,22H/b23-15-. The average Bonchev–Trinajstić information content (AvgIpc) is 3.06. The molecule has 118 valence electrons. The molecule has 3 aromatic rings. The highest BCUT2D eigenvalue weighted by atomic mass is 32.1. The Balaban J connectivity index is 1.82. The number of benzene rings is 2. The third-order valence-electron chi connectivity index (χ3n) is 3.07. The minimum Gasteiger partial charge on any atom is -0.277 e. The molecule has 0 amide bonds. The molecular formula is C17H10F2N4S. The number of aromatic nitrogens is 1. The summed E-state index contributed by atoms with van der Waals surface area (Å²) in [7, 11) is 0. The number of anilines is 1. The van der Waals surface area contributed by atoms with E-state index in [4.69, 9.17) is 0 Å². The van der Waals surface area contributed by atoms with Gasteiger partial charge in [0.25, 0.3) is 0 Å². The van der Waals surface area contributed by atoms with Crippen molar-refractivity contribution in [3.8, 4) is 17.3 Å². The second-order valence-electron chi connectivity index (χ2n) is 4.74. The Morgan fingerprint density at radius 2 is 1.92 bits per heavy atom. The van der Waals surface area contributed by atoms with Crippen molar-refractivity contribution in [2.24, 2.45) is 5.10 Å². The minimum atomic E-state index is -0.401. The SMILES string of the molecule is N#C/C(=N/Nc1cccc(F)c1)c1nc(-c2ccc(F)cc2)cs1. The molecule has 24 heavy (non-hydrogen) atoms. The van der Waals surface area contributed by atoms with Crippen molar-refractivity contribution in [1.29, 1.82) is 5.26 Å². The fraction of sp³-hybridized carbons (Fsp3) is 0. The third-order valence-corrected chi connectivity index (χ3v) is 3.92. The summed E-state index contributed by atoms with van der Waals surface area (Å²) in [5.41, 5.74) is 4.52. The highest BCUT2D eigenvalue weighted by Crippen LogP contribution is 2.22. The first-order valence-electron chi connectivity index (χ1n) is 6.87. The molecule has 0 saturated carbocycles. The molecule has 0 atom stereocenters. The van der Waals surface area contributed by atoms with Gasteiger partial charge >= 0.3 is 0 Å². The fourth-order valence-electron chi connectivity index (χ4n) is 1.93. The van der Waals surface area contributed by atoms with Gasteiger partial charge in [0.15, 0.2) is 10.7 Å². The topological polar surface area (TPSA) is 61.1 Å². The van der Waals surface area contributed by atoms with Gasteiger partial charge in [0.2, 0.25) is 0 Å². The lowest BCUT2D eigenvalue weighted by atomic mass is 10.2. The number of halogens is 2. The number of nitrogens with zero attached hydrogens (tertiary/aromatic N) is 3. The maximum atomic E-state index is 13.1. The second-order valence-corrected chi connectivity index (χ2v) is 5.60. The predicted molar refractivity (Wildman–Crippen MR) is 89.7 cm³/mol. The van der Waals surface area contributed by atoms with E-state index in [1.165, 1.54) is 41.7 Å². The quantitative estimate of drug-likeness (QED) is 0.564. The van der Waals surface area contributed by atoms with Crippen molar-refractivity contribution >= 4 is 22.7 Å². The van der Waals surface area contributed by atoms with Gasteiger partial charge in [-0.05, 0) is 42.5 Å². The highest BCUT2D eigenvalue weighted by Gasteiger charge is 2.10. The summed E-state index contributed by atoms with van der Waals surface area (Å²) < 4.78 is 26.1. The van der Waals surface area contributed by atoms with E-state index in [-0.39, 0.29) is 11.5 Å². The van der Waals surface area contributed by atoms with Crippen LogP contribution in [0.15, 0.2) is 59.0 Å². The second kappa shape index (κ2) is 6.98. The van der Waals surface area contributed by atoms with Crippen LogP contribution in [0.5, 0.6) is 0 Å². The molecule has 0 bridgehead atoms. The molecule has 1 aromatic heterocycles. The molecule has 0 aliphatic carbocycles. The lowest BCUT2D eigenvalue weighted by Crippen LogP contribution is -2.01. The van der Waals surface area contributed by atoms with E-state index in [9.17, 15) is 14.0 Å². The van der Waals surface area contributed by atoms with Crippen LogP contribution < -0.4 is 5.43 Å². The van der Waals surface area contributed by atoms with Gasteiger partial charge in [-0.3, -0.25) is 5.43 Å². The van der Waals surface area contributed by atoms with Gasteiger partial charge in [0.1, 0.15) is 17.7 Å². The van der Waals surface area contributed by atoms with Gasteiger partial charge < -0.3 is 0 Å².